The average molecular weight is 276 g/mol. The highest BCUT2D eigenvalue weighted by Crippen LogP contribution is 2.17. The number of hydrogen-bond acceptors (Lipinski definition) is 4. The molecule has 6 heteroatoms. The van der Waals surface area contributed by atoms with Gasteiger partial charge in [-0.05, 0) is 51.6 Å². The molecule has 2 fully saturated rings. The normalized spacial score (nSPS) is 31.4. The lowest BCUT2D eigenvalue weighted by Gasteiger charge is -2.29. The molecule has 0 spiro atoms. The van der Waals surface area contributed by atoms with Crippen LogP contribution in [0.25, 0.3) is 0 Å². The van der Waals surface area contributed by atoms with Crippen molar-refractivity contribution in [3.63, 3.8) is 0 Å². The Labute approximate surface area is 110 Å². The summed E-state index contributed by atoms with van der Waals surface area (Å²) in [7, 11) is -3.14. The van der Waals surface area contributed by atoms with Crippen LogP contribution in [0.2, 0.25) is 0 Å². The average Bonchev–Trinajstić information content (AvgIpc) is 2.28. The molecule has 2 unspecified atom stereocenters. The van der Waals surface area contributed by atoms with Gasteiger partial charge in [-0.3, -0.25) is 0 Å². The molecule has 0 saturated carbocycles. The van der Waals surface area contributed by atoms with Gasteiger partial charge in [0.05, 0.1) is 11.9 Å². The van der Waals surface area contributed by atoms with Gasteiger partial charge in [0.2, 0.25) is 10.0 Å². The maximum Gasteiger partial charge on any atom is 0.212 e. The molecule has 0 aliphatic carbocycles. The van der Waals surface area contributed by atoms with E-state index in [-0.39, 0.29) is 17.9 Å². The van der Waals surface area contributed by atoms with E-state index in [0.717, 1.165) is 38.8 Å². The minimum atomic E-state index is -3.14. The molecule has 0 aromatic heterocycles. The smallest absolute Gasteiger partial charge is 0.212 e. The van der Waals surface area contributed by atoms with Gasteiger partial charge in [0.1, 0.15) is 0 Å². The summed E-state index contributed by atoms with van der Waals surface area (Å²) in [5, 5.41) is 3.26. The molecule has 2 aliphatic heterocycles. The van der Waals surface area contributed by atoms with Crippen LogP contribution in [-0.2, 0) is 14.8 Å². The predicted molar refractivity (Wildman–Crippen MR) is 71.0 cm³/mol. The van der Waals surface area contributed by atoms with Crippen molar-refractivity contribution < 1.29 is 13.2 Å². The van der Waals surface area contributed by atoms with Gasteiger partial charge >= 0.3 is 0 Å². The summed E-state index contributed by atoms with van der Waals surface area (Å²) in [6.45, 7) is 4.53. The SMILES string of the molecule is CC1CC(NS(=O)(=O)CC2CCNCC2)CCO1. The monoisotopic (exact) mass is 276 g/mol. The van der Waals surface area contributed by atoms with Gasteiger partial charge < -0.3 is 10.1 Å². The van der Waals surface area contributed by atoms with E-state index in [2.05, 4.69) is 10.0 Å². The molecule has 0 radical (unpaired) electrons. The number of piperidine rings is 1. The number of hydrogen-bond donors (Lipinski definition) is 2. The first-order chi connectivity index (χ1) is 8.55. The topological polar surface area (TPSA) is 67.4 Å². The number of sulfonamides is 1. The van der Waals surface area contributed by atoms with Crippen molar-refractivity contribution >= 4 is 10.0 Å². The van der Waals surface area contributed by atoms with Crippen LogP contribution in [0.1, 0.15) is 32.6 Å². The van der Waals surface area contributed by atoms with Crippen molar-refractivity contribution in [2.45, 2.75) is 44.8 Å². The van der Waals surface area contributed by atoms with Crippen LogP contribution in [-0.4, -0.2) is 46.0 Å². The second-order valence-electron chi connectivity index (χ2n) is 5.50. The van der Waals surface area contributed by atoms with E-state index in [1.807, 2.05) is 6.92 Å². The van der Waals surface area contributed by atoms with Crippen molar-refractivity contribution in [2.75, 3.05) is 25.4 Å². The highest BCUT2D eigenvalue weighted by atomic mass is 32.2. The van der Waals surface area contributed by atoms with E-state index in [1.54, 1.807) is 0 Å². The zero-order chi connectivity index (χ0) is 13.0. The van der Waals surface area contributed by atoms with E-state index >= 15 is 0 Å². The first kappa shape index (κ1) is 14.2. The highest BCUT2D eigenvalue weighted by molar-refractivity contribution is 7.89. The van der Waals surface area contributed by atoms with Crippen LogP contribution in [0.15, 0.2) is 0 Å². The Hall–Kier alpha value is -0.170. The van der Waals surface area contributed by atoms with Crippen LogP contribution in [0.4, 0.5) is 0 Å². The molecule has 2 aliphatic rings. The maximum atomic E-state index is 12.1. The Balaban J connectivity index is 1.82. The Kier molecular flexibility index (Phi) is 5.00. The van der Waals surface area contributed by atoms with Crippen molar-refractivity contribution in [3.8, 4) is 0 Å². The molecular formula is C12H24N2O3S. The maximum absolute atomic E-state index is 12.1. The molecule has 2 heterocycles. The van der Waals surface area contributed by atoms with E-state index in [9.17, 15) is 8.42 Å². The summed E-state index contributed by atoms with van der Waals surface area (Å²) in [5.74, 6) is 0.585. The van der Waals surface area contributed by atoms with E-state index in [4.69, 9.17) is 4.74 Å². The molecule has 0 aromatic rings. The van der Waals surface area contributed by atoms with Crippen LogP contribution in [0.5, 0.6) is 0 Å². The van der Waals surface area contributed by atoms with Gasteiger partial charge in [0.15, 0.2) is 0 Å². The second-order valence-corrected chi connectivity index (χ2v) is 7.29. The quantitative estimate of drug-likeness (QED) is 0.783. The summed E-state index contributed by atoms with van der Waals surface area (Å²) in [6, 6.07) is 0.0560. The summed E-state index contributed by atoms with van der Waals surface area (Å²) in [5.41, 5.74) is 0. The molecule has 0 bridgehead atoms. The molecule has 0 amide bonds. The van der Waals surface area contributed by atoms with E-state index in [1.165, 1.54) is 0 Å². The van der Waals surface area contributed by atoms with Gasteiger partial charge in [-0.15, -0.1) is 0 Å². The van der Waals surface area contributed by atoms with Crippen molar-refractivity contribution in [1.82, 2.24) is 10.0 Å². The molecule has 2 N–H and O–H groups in total. The van der Waals surface area contributed by atoms with Crippen LogP contribution in [0.3, 0.4) is 0 Å². The Morgan fingerprint density at radius 3 is 2.67 bits per heavy atom. The lowest BCUT2D eigenvalue weighted by atomic mass is 10.0. The molecule has 5 nitrogen and oxygen atoms in total. The molecule has 18 heavy (non-hydrogen) atoms. The second kappa shape index (κ2) is 6.32. The molecular weight excluding hydrogens is 252 g/mol. The summed E-state index contributed by atoms with van der Waals surface area (Å²) >= 11 is 0. The van der Waals surface area contributed by atoms with Crippen molar-refractivity contribution in [1.29, 1.82) is 0 Å². The summed E-state index contributed by atoms with van der Waals surface area (Å²) in [6.07, 6.45) is 3.66. The van der Waals surface area contributed by atoms with Crippen molar-refractivity contribution in [2.24, 2.45) is 5.92 Å². The predicted octanol–water partition coefficient (Wildman–Crippen LogP) is 0.473. The molecule has 2 saturated heterocycles. The zero-order valence-electron chi connectivity index (χ0n) is 11.0. The summed E-state index contributed by atoms with van der Waals surface area (Å²) < 4.78 is 32.5. The number of nitrogens with one attached hydrogen (secondary N) is 2. The van der Waals surface area contributed by atoms with Gasteiger partial charge in [0.25, 0.3) is 0 Å². The standard InChI is InChI=1S/C12H24N2O3S/c1-10-8-12(4-7-17-10)14-18(15,16)9-11-2-5-13-6-3-11/h10-14H,2-9H2,1H3. The molecule has 106 valence electrons. The van der Waals surface area contributed by atoms with E-state index in [0.29, 0.717) is 12.5 Å². The van der Waals surface area contributed by atoms with Crippen LogP contribution in [0, 0.1) is 5.92 Å². The fourth-order valence-corrected chi connectivity index (χ4v) is 4.54. The van der Waals surface area contributed by atoms with Crippen LogP contribution >= 0.6 is 0 Å². The molecule has 2 rings (SSSR count). The third-order valence-corrected chi connectivity index (χ3v) is 5.35. The van der Waals surface area contributed by atoms with E-state index < -0.39 is 10.0 Å². The van der Waals surface area contributed by atoms with Gasteiger partial charge in [-0.2, -0.15) is 0 Å². The minimum Gasteiger partial charge on any atom is -0.378 e. The third kappa shape index (κ3) is 4.50. The first-order valence-corrected chi connectivity index (χ1v) is 8.53. The summed E-state index contributed by atoms with van der Waals surface area (Å²) in [4.78, 5) is 0. The van der Waals surface area contributed by atoms with Gasteiger partial charge in [-0.25, -0.2) is 13.1 Å². The molecule has 0 aromatic carbocycles. The fourth-order valence-electron chi connectivity index (χ4n) is 2.77. The largest absolute Gasteiger partial charge is 0.378 e. The Morgan fingerprint density at radius 1 is 1.28 bits per heavy atom. The first-order valence-electron chi connectivity index (χ1n) is 6.87. The van der Waals surface area contributed by atoms with Gasteiger partial charge in [0, 0.05) is 12.6 Å². The van der Waals surface area contributed by atoms with Crippen molar-refractivity contribution in [3.05, 3.63) is 0 Å². The minimum absolute atomic E-state index is 0.0560. The van der Waals surface area contributed by atoms with Crippen LogP contribution < -0.4 is 10.0 Å². The number of ether oxygens (including phenoxy) is 1. The highest BCUT2D eigenvalue weighted by Gasteiger charge is 2.26. The Morgan fingerprint density at radius 2 is 2.00 bits per heavy atom. The number of rotatable bonds is 4. The third-order valence-electron chi connectivity index (χ3n) is 3.75. The van der Waals surface area contributed by atoms with Gasteiger partial charge in [-0.1, -0.05) is 0 Å². The lowest BCUT2D eigenvalue weighted by Crippen LogP contribution is -2.44. The molecule has 2 atom stereocenters. The zero-order valence-corrected chi connectivity index (χ0v) is 11.8. The lowest BCUT2D eigenvalue weighted by molar-refractivity contribution is 0.0173. The Bertz CT molecular complexity index is 352. The fraction of sp³-hybridized carbons (Fsp3) is 1.00.